The lowest BCUT2D eigenvalue weighted by Gasteiger charge is -2.19. The van der Waals surface area contributed by atoms with Crippen molar-refractivity contribution in [2.75, 3.05) is 14.2 Å². The Morgan fingerprint density at radius 2 is 1.92 bits per heavy atom. The number of aromatic nitrogens is 2. The topological polar surface area (TPSA) is 64.2 Å². The van der Waals surface area contributed by atoms with E-state index in [0.717, 1.165) is 28.5 Å². The number of hydrogen-bond acceptors (Lipinski definition) is 5. The summed E-state index contributed by atoms with van der Waals surface area (Å²) in [4.78, 5) is 20.2. The van der Waals surface area contributed by atoms with Crippen molar-refractivity contribution in [1.29, 1.82) is 0 Å². The van der Waals surface area contributed by atoms with Crippen LogP contribution in [-0.2, 0) is 11.2 Å². The number of imidazole rings is 1. The van der Waals surface area contributed by atoms with Gasteiger partial charge in [-0.15, -0.1) is 11.8 Å². The van der Waals surface area contributed by atoms with Crippen molar-refractivity contribution in [3.8, 4) is 5.75 Å². The van der Waals surface area contributed by atoms with Gasteiger partial charge in [-0.05, 0) is 30.3 Å². The SMILES string of the molecule is COC(=O)c1ccc(SC(Cc2ncc[nH]2)c2ccccc2OC)cc1. The fourth-order valence-electron chi connectivity index (χ4n) is 2.68. The van der Waals surface area contributed by atoms with E-state index in [-0.39, 0.29) is 11.2 Å². The minimum Gasteiger partial charge on any atom is -0.496 e. The number of para-hydroxylation sites is 1. The molecule has 5 nitrogen and oxygen atoms in total. The zero-order valence-corrected chi connectivity index (χ0v) is 15.5. The molecule has 0 radical (unpaired) electrons. The first-order chi connectivity index (χ1) is 12.7. The van der Waals surface area contributed by atoms with Crippen molar-refractivity contribution < 1.29 is 14.3 Å². The molecule has 26 heavy (non-hydrogen) atoms. The van der Waals surface area contributed by atoms with E-state index in [1.807, 2.05) is 36.5 Å². The third-order valence-corrected chi connectivity index (χ3v) is 5.22. The van der Waals surface area contributed by atoms with Crippen LogP contribution in [-0.4, -0.2) is 30.2 Å². The highest BCUT2D eigenvalue weighted by atomic mass is 32.2. The maximum absolute atomic E-state index is 11.6. The van der Waals surface area contributed by atoms with E-state index in [1.54, 1.807) is 37.2 Å². The summed E-state index contributed by atoms with van der Waals surface area (Å²) in [6, 6.07) is 15.4. The number of H-pyrrole nitrogens is 1. The summed E-state index contributed by atoms with van der Waals surface area (Å²) < 4.78 is 10.3. The maximum Gasteiger partial charge on any atom is 0.337 e. The number of thioether (sulfide) groups is 1. The summed E-state index contributed by atoms with van der Waals surface area (Å²) >= 11 is 1.71. The predicted octanol–water partition coefficient (Wildman–Crippen LogP) is 4.28. The van der Waals surface area contributed by atoms with Crippen LogP contribution in [0.15, 0.2) is 65.8 Å². The second-order valence-corrected chi connectivity index (χ2v) is 6.88. The molecule has 1 heterocycles. The lowest BCUT2D eigenvalue weighted by Crippen LogP contribution is -2.04. The van der Waals surface area contributed by atoms with Gasteiger partial charge in [0.2, 0.25) is 0 Å². The molecule has 1 N–H and O–H groups in total. The first kappa shape index (κ1) is 18.1. The zero-order valence-electron chi connectivity index (χ0n) is 14.6. The molecule has 0 aliphatic carbocycles. The normalized spacial score (nSPS) is 11.8. The summed E-state index contributed by atoms with van der Waals surface area (Å²) in [7, 11) is 3.06. The van der Waals surface area contributed by atoms with Crippen molar-refractivity contribution >= 4 is 17.7 Å². The van der Waals surface area contributed by atoms with Gasteiger partial charge in [0.15, 0.2) is 0 Å². The molecular weight excluding hydrogens is 348 g/mol. The molecule has 0 amide bonds. The highest BCUT2D eigenvalue weighted by molar-refractivity contribution is 7.99. The van der Waals surface area contributed by atoms with Gasteiger partial charge in [0.1, 0.15) is 11.6 Å². The van der Waals surface area contributed by atoms with E-state index in [0.29, 0.717) is 5.56 Å². The minimum atomic E-state index is -0.335. The van der Waals surface area contributed by atoms with Crippen LogP contribution in [0.4, 0.5) is 0 Å². The van der Waals surface area contributed by atoms with Crippen molar-refractivity contribution in [1.82, 2.24) is 9.97 Å². The standard InChI is InChI=1S/C20H20N2O3S/c1-24-17-6-4-3-5-16(17)18(13-19-21-11-12-22-19)26-15-9-7-14(8-10-15)20(23)25-2/h3-12,18H,13H2,1-2H3,(H,21,22). The fourth-order valence-corrected chi connectivity index (χ4v) is 3.87. The molecule has 0 saturated heterocycles. The highest BCUT2D eigenvalue weighted by Gasteiger charge is 2.19. The molecule has 2 aromatic carbocycles. The number of ether oxygens (including phenoxy) is 2. The van der Waals surface area contributed by atoms with Gasteiger partial charge in [0.25, 0.3) is 0 Å². The monoisotopic (exact) mass is 368 g/mol. The maximum atomic E-state index is 11.6. The Morgan fingerprint density at radius 3 is 2.58 bits per heavy atom. The molecule has 3 rings (SSSR count). The number of rotatable bonds is 7. The van der Waals surface area contributed by atoms with E-state index in [4.69, 9.17) is 9.47 Å². The second-order valence-electron chi connectivity index (χ2n) is 5.60. The first-order valence-electron chi connectivity index (χ1n) is 8.17. The van der Waals surface area contributed by atoms with Crippen LogP contribution in [0.2, 0.25) is 0 Å². The molecule has 0 bridgehead atoms. The smallest absolute Gasteiger partial charge is 0.337 e. The Kier molecular flexibility index (Phi) is 5.96. The number of benzene rings is 2. The van der Waals surface area contributed by atoms with Gasteiger partial charge >= 0.3 is 5.97 Å². The van der Waals surface area contributed by atoms with E-state index in [1.165, 1.54) is 7.11 Å². The summed E-state index contributed by atoms with van der Waals surface area (Å²) in [6.07, 6.45) is 4.31. The van der Waals surface area contributed by atoms with Gasteiger partial charge in [-0.25, -0.2) is 9.78 Å². The quantitative estimate of drug-likeness (QED) is 0.498. The molecule has 0 aliphatic heterocycles. The number of carbonyl (C=O) groups is 1. The van der Waals surface area contributed by atoms with Crippen LogP contribution in [0.1, 0.15) is 27.0 Å². The molecule has 0 fully saturated rings. The summed E-state index contributed by atoms with van der Waals surface area (Å²) in [6.45, 7) is 0. The number of methoxy groups -OCH3 is 2. The number of esters is 1. The Balaban J connectivity index is 1.87. The van der Waals surface area contributed by atoms with Crippen LogP contribution in [0.3, 0.4) is 0 Å². The first-order valence-corrected chi connectivity index (χ1v) is 9.05. The number of nitrogens with zero attached hydrogens (tertiary/aromatic N) is 1. The number of carbonyl (C=O) groups excluding carboxylic acids is 1. The number of hydrogen-bond donors (Lipinski definition) is 1. The Labute approximate surface area is 156 Å². The molecule has 0 aliphatic rings. The molecule has 0 saturated carbocycles. The van der Waals surface area contributed by atoms with Gasteiger partial charge in [-0.2, -0.15) is 0 Å². The summed E-state index contributed by atoms with van der Waals surface area (Å²) in [5, 5.41) is 0.112. The number of aromatic amines is 1. The van der Waals surface area contributed by atoms with Crippen LogP contribution < -0.4 is 4.74 Å². The van der Waals surface area contributed by atoms with Gasteiger partial charge in [-0.1, -0.05) is 18.2 Å². The van der Waals surface area contributed by atoms with Crippen molar-refractivity contribution in [3.63, 3.8) is 0 Å². The molecule has 134 valence electrons. The van der Waals surface area contributed by atoms with E-state index >= 15 is 0 Å². The lowest BCUT2D eigenvalue weighted by atomic mass is 10.1. The second kappa shape index (κ2) is 8.58. The van der Waals surface area contributed by atoms with Crippen molar-refractivity contribution in [2.24, 2.45) is 0 Å². The molecule has 1 atom stereocenters. The molecule has 1 aromatic heterocycles. The van der Waals surface area contributed by atoms with Crippen LogP contribution in [0, 0.1) is 0 Å². The van der Waals surface area contributed by atoms with Crippen molar-refractivity contribution in [2.45, 2.75) is 16.6 Å². The molecule has 3 aromatic rings. The van der Waals surface area contributed by atoms with Crippen LogP contribution in [0.25, 0.3) is 0 Å². The third kappa shape index (κ3) is 4.26. The summed E-state index contributed by atoms with van der Waals surface area (Å²) in [5.74, 6) is 1.43. The highest BCUT2D eigenvalue weighted by Crippen LogP contribution is 2.41. The van der Waals surface area contributed by atoms with Gasteiger partial charge in [0, 0.05) is 34.5 Å². The summed E-state index contributed by atoms with van der Waals surface area (Å²) in [5.41, 5.74) is 1.64. The molecule has 6 heteroatoms. The van der Waals surface area contributed by atoms with Gasteiger partial charge < -0.3 is 14.5 Å². The average molecular weight is 368 g/mol. The van der Waals surface area contributed by atoms with Crippen LogP contribution in [0.5, 0.6) is 5.75 Å². The van der Waals surface area contributed by atoms with Gasteiger partial charge in [0.05, 0.1) is 19.8 Å². The lowest BCUT2D eigenvalue weighted by molar-refractivity contribution is 0.0600. The fraction of sp³-hybridized carbons (Fsp3) is 0.200. The Bertz CT molecular complexity index is 848. The van der Waals surface area contributed by atoms with E-state index in [9.17, 15) is 4.79 Å². The van der Waals surface area contributed by atoms with Crippen LogP contribution >= 0.6 is 11.8 Å². The molecule has 1 unspecified atom stereocenters. The van der Waals surface area contributed by atoms with E-state index < -0.39 is 0 Å². The predicted molar refractivity (Wildman–Crippen MR) is 102 cm³/mol. The Hall–Kier alpha value is -2.73. The van der Waals surface area contributed by atoms with E-state index in [2.05, 4.69) is 16.0 Å². The molecule has 0 spiro atoms. The third-order valence-electron chi connectivity index (χ3n) is 3.97. The largest absolute Gasteiger partial charge is 0.496 e. The minimum absolute atomic E-state index is 0.112. The zero-order chi connectivity index (χ0) is 18.4. The number of nitrogens with one attached hydrogen (secondary N) is 1. The average Bonchev–Trinajstić information content (AvgIpc) is 3.20. The molecular formula is C20H20N2O3S. The van der Waals surface area contributed by atoms with Crippen molar-refractivity contribution in [3.05, 3.63) is 77.9 Å². The Morgan fingerprint density at radius 1 is 1.15 bits per heavy atom. The van der Waals surface area contributed by atoms with Gasteiger partial charge in [-0.3, -0.25) is 0 Å².